The predicted molar refractivity (Wildman–Crippen MR) is 65.7 cm³/mol. The summed E-state index contributed by atoms with van der Waals surface area (Å²) in [5.74, 6) is 0.414. The van der Waals surface area contributed by atoms with E-state index in [9.17, 15) is 5.11 Å². The summed E-state index contributed by atoms with van der Waals surface area (Å²) in [7, 11) is 0. The first kappa shape index (κ1) is 11.4. The zero-order valence-electron chi connectivity index (χ0n) is 10.0. The van der Waals surface area contributed by atoms with Crippen molar-refractivity contribution in [1.29, 1.82) is 0 Å². The van der Waals surface area contributed by atoms with Crippen molar-refractivity contribution in [3.05, 3.63) is 29.3 Å². The predicted octanol–water partition coefficient (Wildman–Crippen LogP) is 1.67. The molecule has 16 heavy (non-hydrogen) atoms. The summed E-state index contributed by atoms with van der Waals surface area (Å²) in [4.78, 5) is 2.41. The van der Waals surface area contributed by atoms with Crippen LogP contribution in [0.1, 0.15) is 24.1 Å². The molecule has 1 aliphatic heterocycles. The van der Waals surface area contributed by atoms with Gasteiger partial charge in [-0.25, -0.2) is 0 Å². The van der Waals surface area contributed by atoms with Crippen molar-refractivity contribution in [1.82, 2.24) is 10.2 Å². The van der Waals surface area contributed by atoms with Crippen LogP contribution in [0.5, 0.6) is 5.75 Å². The Morgan fingerprint density at radius 1 is 1.31 bits per heavy atom. The summed E-state index contributed by atoms with van der Waals surface area (Å²) < 4.78 is 0. The lowest BCUT2D eigenvalue weighted by molar-refractivity contribution is 0.183. The lowest BCUT2D eigenvalue weighted by Gasteiger charge is -2.33. The van der Waals surface area contributed by atoms with Gasteiger partial charge < -0.3 is 10.4 Å². The van der Waals surface area contributed by atoms with Gasteiger partial charge in [-0.3, -0.25) is 4.90 Å². The normalized spacial score (nSPS) is 19.6. The van der Waals surface area contributed by atoms with Gasteiger partial charge in [0.2, 0.25) is 0 Å². The summed E-state index contributed by atoms with van der Waals surface area (Å²) >= 11 is 0. The van der Waals surface area contributed by atoms with Crippen LogP contribution in [0, 0.1) is 6.92 Å². The second-order valence-corrected chi connectivity index (χ2v) is 4.52. The van der Waals surface area contributed by atoms with Crippen LogP contribution >= 0.6 is 0 Å². The van der Waals surface area contributed by atoms with E-state index in [-0.39, 0.29) is 0 Å². The van der Waals surface area contributed by atoms with Gasteiger partial charge in [0.1, 0.15) is 5.75 Å². The molecule has 88 valence electrons. The summed E-state index contributed by atoms with van der Waals surface area (Å²) in [6.07, 6.45) is 0. The number of phenolic OH excluding ortho intramolecular Hbond substituents is 1. The molecule has 0 radical (unpaired) electrons. The van der Waals surface area contributed by atoms with Crippen molar-refractivity contribution in [2.24, 2.45) is 0 Å². The van der Waals surface area contributed by atoms with Crippen LogP contribution in [0.25, 0.3) is 0 Å². The largest absolute Gasteiger partial charge is 0.508 e. The van der Waals surface area contributed by atoms with Crippen LogP contribution in [-0.2, 0) is 0 Å². The number of nitrogens with one attached hydrogen (secondary N) is 1. The third kappa shape index (κ3) is 2.36. The molecule has 1 aliphatic rings. The minimum Gasteiger partial charge on any atom is -0.508 e. The average molecular weight is 220 g/mol. The molecule has 0 amide bonds. The van der Waals surface area contributed by atoms with E-state index in [4.69, 9.17) is 0 Å². The second kappa shape index (κ2) is 4.85. The van der Waals surface area contributed by atoms with E-state index in [0.717, 1.165) is 31.7 Å². The molecule has 1 aromatic rings. The lowest BCUT2D eigenvalue weighted by Crippen LogP contribution is -2.44. The maximum Gasteiger partial charge on any atom is 0.120 e. The Morgan fingerprint density at radius 3 is 2.69 bits per heavy atom. The molecular formula is C13H20N2O. The van der Waals surface area contributed by atoms with Gasteiger partial charge in [0.15, 0.2) is 0 Å². The first-order chi connectivity index (χ1) is 7.68. The molecule has 0 spiro atoms. The van der Waals surface area contributed by atoms with E-state index in [1.54, 1.807) is 6.07 Å². The number of aromatic hydroxyl groups is 1. The van der Waals surface area contributed by atoms with Crippen LogP contribution in [0.3, 0.4) is 0 Å². The SMILES string of the molecule is Cc1ccc(O)c([C@@H](C)N2CCNCC2)c1. The van der Waals surface area contributed by atoms with Crippen molar-refractivity contribution in [2.45, 2.75) is 19.9 Å². The average Bonchev–Trinajstić information content (AvgIpc) is 2.32. The second-order valence-electron chi connectivity index (χ2n) is 4.52. The van der Waals surface area contributed by atoms with Crippen molar-refractivity contribution in [3.63, 3.8) is 0 Å². The van der Waals surface area contributed by atoms with Crippen LogP contribution in [0.2, 0.25) is 0 Å². The minimum absolute atomic E-state index is 0.294. The maximum atomic E-state index is 9.89. The quantitative estimate of drug-likeness (QED) is 0.796. The first-order valence-electron chi connectivity index (χ1n) is 5.93. The zero-order valence-corrected chi connectivity index (χ0v) is 10.0. The van der Waals surface area contributed by atoms with Gasteiger partial charge in [-0.05, 0) is 19.9 Å². The number of hydrogen-bond donors (Lipinski definition) is 2. The van der Waals surface area contributed by atoms with Gasteiger partial charge in [-0.15, -0.1) is 0 Å². The highest BCUT2D eigenvalue weighted by Crippen LogP contribution is 2.29. The van der Waals surface area contributed by atoms with E-state index >= 15 is 0 Å². The summed E-state index contributed by atoms with van der Waals surface area (Å²) in [5, 5.41) is 13.2. The number of rotatable bonds is 2. The number of phenols is 1. The van der Waals surface area contributed by atoms with Crippen molar-refractivity contribution >= 4 is 0 Å². The summed E-state index contributed by atoms with van der Waals surface area (Å²) in [6, 6.07) is 6.12. The van der Waals surface area contributed by atoms with E-state index in [1.165, 1.54) is 5.56 Å². The molecule has 2 rings (SSSR count). The van der Waals surface area contributed by atoms with Gasteiger partial charge >= 0.3 is 0 Å². The highest BCUT2D eigenvalue weighted by atomic mass is 16.3. The summed E-state index contributed by atoms with van der Waals surface area (Å²) in [5.41, 5.74) is 2.25. The molecule has 1 heterocycles. The monoisotopic (exact) mass is 220 g/mol. The Bertz CT molecular complexity index is 359. The molecule has 0 bridgehead atoms. The van der Waals surface area contributed by atoms with Gasteiger partial charge in [0.25, 0.3) is 0 Å². The van der Waals surface area contributed by atoms with E-state index in [2.05, 4.69) is 30.1 Å². The molecular weight excluding hydrogens is 200 g/mol. The van der Waals surface area contributed by atoms with Crippen LogP contribution in [-0.4, -0.2) is 36.2 Å². The lowest BCUT2D eigenvalue weighted by atomic mass is 10.0. The molecule has 3 nitrogen and oxygen atoms in total. The fourth-order valence-corrected chi connectivity index (χ4v) is 2.27. The van der Waals surface area contributed by atoms with Crippen molar-refractivity contribution in [3.8, 4) is 5.75 Å². The third-order valence-corrected chi connectivity index (χ3v) is 3.33. The standard InChI is InChI=1S/C13H20N2O/c1-10-3-4-13(16)12(9-10)11(2)15-7-5-14-6-8-15/h3-4,9,11,14,16H,5-8H2,1-2H3/t11-/m1/s1. The van der Waals surface area contributed by atoms with E-state index in [0.29, 0.717) is 11.8 Å². The minimum atomic E-state index is 0.294. The Kier molecular flexibility index (Phi) is 3.46. The van der Waals surface area contributed by atoms with E-state index in [1.807, 2.05) is 6.07 Å². The molecule has 1 atom stereocenters. The number of piperazine rings is 1. The third-order valence-electron chi connectivity index (χ3n) is 3.33. The highest BCUT2D eigenvalue weighted by Gasteiger charge is 2.20. The fraction of sp³-hybridized carbons (Fsp3) is 0.538. The first-order valence-corrected chi connectivity index (χ1v) is 5.93. The van der Waals surface area contributed by atoms with Crippen LogP contribution < -0.4 is 5.32 Å². The van der Waals surface area contributed by atoms with Gasteiger partial charge in [-0.1, -0.05) is 17.7 Å². The topological polar surface area (TPSA) is 35.5 Å². The van der Waals surface area contributed by atoms with E-state index < -0.39 is 0 Å². The summed E-state index contributed by atoms with van der Waals surface area (Å²) in [6.45, 7) is 8.41. The Hall–Kier alpha value is -1.06. The molecule has 1 saturated heterocycles. The Morgan fingerprint density at radius 2 is 2.00 bits per heavy atom. The zero-order chi connectivity index (χ0) is 11.5. The Labute approximate surface area is 97.1 Å². The number of hydrogen-bond acceptors (Lipinski definition) is 3. The molecule has 1 aromatic carbocycles. The molecule has 2 N–H and O–H groups in total. The smallest absolute Gasteiger partial charge is 0.120 e. The number of aryl methyl sites for hydroxylation is 1. The van der Waals surface area contributed by atoms with Crippen LogP contribution in [0.4, 0.5) is 0 Å². The van der Waals surface area contributed by atoms with Crippen LogP contribution in [0.15, 0.2) is 18.2 Å². The molecule has 3 heteroatoms. The van der Waals surface area contributed by atoms with Crippen molar-refractivity contribution < 1.29 is 5.11 Å². The Balaban J connectivity index is 2.18. The van der Waals surface area contributed by atoms with Gasteiger partial charge in [0.05, 0.1) is 0 Å². The van der Waals surface area contributed by atoms with Gasteiger partial charge in [-0.2, -0.15) is 0 Å². The molecule has 0 aromatic heterocycles. The maximum absolute atomic E-state index is 9.89. The molecule has 0 aliphatic carbocycles. The number of benzene rings is 1. The molecule has 1 fully saturated rings. The van der Waals surface area contributed by atoms with Crippen molar-refractivity contribution in [2.75, 3.05) is 26.2 Å². The molecule has 0 saturated carbocycles. The number of nitrogens with zero attached hydrogens (tertiary/aromatic N) is 1. The highest BCUT2D eigenvalue weighted by molar-refractivity contribution is 5.37. The fourth-order valence-electron chi connectivity index (χ4n) is 2.27. The molecule has 0 unspecified atom stereocenters. The van der Waals surface area contributed by atoms with Gasteiger partial charge in [0, 0.05) is 37.8 Å².